The van der Waals surface area contributed by atoms with Crippen molar-refractivity contribution in [2.75, 3.05) is 24.6 Å². The quantitative estimate of drug-likeness (QED) is 0.858. The van der Waals surface area contributed by atoms with Crippen molar-refractivity contribution in [2.45, 2.75) is 34.8 Å². The average Bonchev–Trinajstić information content (AvgIpc) is 3.11. The van der Waals surface area contributed by atoms with E-state index in [2.05, 4.69) is 4.90 Å². The minimum Gasteiger partial charge on any atom is -0.298 e. The third-order valence-electron chi connectivity index (χ3n) is 4.03. The molecule has 0 aliphatic carbocycles. The number of hydrogen-bond acceptors (Lipinski definition) is 5. The van der Waals surface area contributed by atoms with Crippen molar-refractivity contribution in [3.8, 4) is 0 Å². The molecule has 2 atom stereocenters. The predicted molar refractivity (Wildman–Crippen MR) is 81.8 cm³/mol. The fourth-order valence-electron chi connectivity index (χ4n) is 2.98. The molecule has 3 heterocycles. The highest BCUT2D eigenvalue weighted by atomic mass is 32.2. The summed E-state index contributed by atoms with van der Waals surface area (Å²) in [7, 11) is -3.14. The molecule has 2 fully saturated rings. The topological polar surface area (TPSA) is 37.4 Å². The minimum absolute atomic E-state index is 0.214. The summed E-state index contributed by atoms with van der Waals surface area (Å²) in [5.74, 6) is 1.72. The molecule has 0 unspecified atom stereocenters. The molecule has 2 saturated heterocycles. The SMILES string of the molecule is O=S(=O)(c1cccs1)[C@H]1CSC[C@@H]1N1CCCCC1. The van der Waals surface area contributed by atoms with E-state index in [9.17, 15) is 8.42 Å². The second kappa shape index (κ2) is 5.76. The van der Waals surface area contributed by atoms with E-state index in [1.807, 2.05) is 11.4 Å². The van der Waals surface area contributed by atoms with Gasteiger partial charge in [0.25, 0.3) is 0 Å². The van der Waals surface area contributed by atoms with E-state index in [1.165, 1.54) is 30.6 Å². The second-order valence-corrected chi connectivity index (χ2v) is 9.63. The van der Waals surface area contributed by atoms with Crippen molar-refractivity contribution in [3.05, 3.63) is 17.5 Å². The smallest absolute Gasteiger partial charge is 0.192 e. The highest BCUT2D eigenvalue weighted by molar-refractivity contribution is 8.02. The molecule has 6 heteroatoms. The number of sulfone groups is 1. The zero-order chi connectivity index (χ0) is 13.3. The van der Waals surface area contributed by atoms with Crippen LogP contribution in [0.4, 0.5) is 0 Å². The fourth-order valence-corrected chi connectivity index (χ4v) is 8.16. The number of hydrogen-bond donors (Lipinski definition) is 0. The van der Waals surface area contributed by atoms with Gasteiger partial charge in [0.1, 0.15) is 4.21 Å². The van der Waals surface area contributed by atoms with Crippen molar-refractivity contribution < 1.29 is 8.42 Å². The highest BCUT2D eigenvalue weighted by Gasteiger charge is 2.42. The lowest BCUT2D eigenvalue weighted by molar-refractivity contribution is 0.178. The van der Waals surface area contributed by atoms with Gasteiger partial charge >= 0.3 is 0 Å². The molecule has 3 nitrogen and oxygen atoms in total. The summed E-state index contributed by atoms with van der Waals surface area (Å²) in [6.07, 6.45) is 3.72. The van der Waals surface area contributed by atoms with Gasteiger partial charge < -0.3 is 0 Å². The lowest BCUT2D eigenvalue weighted by Gasteiger charge is -2.34. The first kappa shape index (κ1) is 13.9. The van der Waals surface area contributed by atoms with Crippen molar-refractivity contribution in [1.82, 2.24) is 4.90 Å². The van der Waals surface area contributed by atoms with E-state index >= 15 is 0 Å². The number of thiophene rings is 1. The first-order valence-corrected chi connectivity index (χ1v) is 10.4. The van der Waals surface area contributed by atoms with Crippen LogP contribution in [0.25, 0.3) is 0 Å². The third-order valence-corrected chi connectivity index (χ3v) is 9.04. The Morgan fingerprint density at radius 1 is 1.16 bits per heavy atom. The summed E-state index contributed by atoms with van der Waals surface area (Å²) in [6, 6.07) is 3.80. The van der Waals surface area contributed by atoms with Crippen molar-refractivity contribution >= 4 is 32.9 Å². The maximum atomic E-state index is 12.7. The first-order valence-electron chi connectivity index (χ1n) is 6.79. The van der Waals surface area contributed by atoms with Crippen LogP contribution in [0.2, 0.25) is 0 Å². The van der Waals surface area contributed by atoms with Gasteiger partial charge in [-0.05, 0) is 37.4 Å². The van der Waals surface area contributed by atoms with Crippen LogP contribution in [0.3, 0.4) is 0 Å². The van der Waals surface area contributed by atoms with E-state index < -0.39 is 9.84 Å². The Morgan fingerprint density at radius 2 is 1.95 bits per heavy atom. The van der Waals surface area contributed by atoms with Gasteiger partial charge in [0.15, 0.2) is 9.84 Å². The largest absolute Gasteiger partial charge is 0.298 e. The van der Waals surface area contributed by atoms with Crippen LogP contribution in [-0.4, -0.2) is 49.2 Å². The Labute approximate surface area is 123 Å². The van der Waals surface area contributed by atoms with Crippen molar-refractivity contribution in [2.24, 2.45) is 0 Å². The van der Waals surface area contributed by atoms with Crippen LogP contribution >= 0.6 is 23.1 Å². The van der Waals surface area contributed by atoms with Gasteiger partial charge in [-0.3, -0.25) is 4.90 Å². The molecule has 2 aliphatic rings. The van der Waals surface area contributed by atoms with Crippen molar-refractivity contribution in [3.63, 3.8) is 0 Å². The van der Waals surface area contributed by atoms with E-state index in [4.69, 9.17) is 0 Å². The number of nitrogens with zero attached hydrogens (tertiary/aromatic N) is 1. The summed E-state index contributed by atoms with van der Waals surface area (Å²) in [5.41, 5.74) is 0. The van der Waals surface area contributed by atoms with Gasteiger partial charge in [-0.1, -0.05) is 12.5 Å². The van der Waals surface area contributed by atoms with E-state index in [1.54, 1.807) is 17.8 Å². The molecular formula is C13H19NO2S3. The molecule has 3 rings (SSSR count). The van der Waals surface area contributed by atoms with E-state index in [0.717, 1.165) is 24.6 Å². The molecule has 106 valence electrons. The summed E-state index contributed by atoms with van der Waals surface area (Å²) >= 11 is 3.14. The Kier molecular flexibility index (Phi) is 4.22. The Balaban J connectivity index is 1.83. The van der Waals surface area contributed by atoms with E-state index in [0.29, 0.717) is 4.21 Å². The molecule has 19 heavy (non-hydrogen) atoms. The monoisotopic (exact) mass is 317 g/mol. The zero-order valence-electron chi connectivity index (χ0n) is 10.8. The molecular weight excluding hydrogens is 298 g/mol. The highest BCUT2D eigenvalue weighted by Crippen LogP contribution is 2.34. The minimum atomic E-state index is -3.14. The summed E-state index contributed by atoms with van der Waals surface area (Å²) in [6.45, 7) is 2.14. The van der Waals surface area contributed by atoms with Gasteiger partial charge in [-0.2, -0.15) is 11.8 Å². The summed E-state index contributed by atoms with van der Waals surface area (Å²) in [5, 5.41) is 1.64. The van der Waals surface area contributed by atoms with Crippen LogP contribution in [0.5, 0.6) is 0 Å². The standard InChI is InChI=1S/C13H19NO2S3/c15-19(16,13-5-4-8-18-13)12-10-17-9-11(12)14-6-2-1-3-7-14/h4-5,8,11-12H,1-3,6-7,9-10H2/t11-,12-/m0/s1. The number of rotatable bonds is 3. The van der Waals surface area contributed by atoms with Gasteiger partial charge in [-0.15, -0.1) is 11.3 Å². The van der Waals surface area contributed by atoms with Crippen LogP contribution in [0.1, 0.15) is 19.3 Å². The lowest BCUT2D eigenvalue weighted by atomic mass is 10.1. The molecule has 0 amide bonds. The van der Waals surface area contributed by atoms with Crippen LogP contribution in [0, 0.1) is 0 Å². The number of likely N-dealkylation sites (tertiary alicyclic amines) is 1. The van der Waals surface area contributed by atoms with Crippen LogP contribution in [-0.2, 0) is 9.84 Å². The molecule has 0 N–H and O–H groups in total. The molecule has 0 radical (unpaired) electrons. The molecule has 0 spiro atoms. The molecule has 2 aliphatic heterocycles. The fraction of sp³-hybridized carbons (Fsp3) is 0.692. The summed E-state index contributed by atoms with van der Waals surface area (Å²) in [4.78, 5) is 2.42. The number of piperidine rings is 1. The average molecular weight is 318 g/mol. The molecule has 0 bridgehead atoms. The van der Waals surface area contributed by atoms with Gasteiger partial charge in [-0.25, -0.2) is 8.42 Å². The van der Waals surface area contributed by atoms with Crippen LogP contribution in [0.15, 0.2) is 21.7 Å². The van der Waals surface area contributed by atoms with Gasteiger partial charge in [0.05, 0.1) is 5.25 Å². The molecule has 0 saturated carbocycles. The zero-order valence-corrected chi connectivity index (χ0v) is 13.3. The van der Waals surface area contributed by atoms with Crippen LogP contribution < -0.4 is 0 Å². The maximum absolute atomic E-state index is 12.7. The third kappa shape index (κ3) is 2.73. The predicted octanol–water partition coefficient (Wildman–Crippen LogP) is 2.49. The molecule has 1 aromatic rings. The maximum Gasteiger partial charge on any atom is 0.192 e. The second-order valence-electron chi connectivity index (χ2n) is 5.22. The Bertz CT molecular complexity index is 506. The number of thioether (sulfide) groups is 1. The summed E-state index contributed by atoms with van der Waals surface area (Å²) < 4.78 is 26.0. The van der Waals surface area contributed by atoms with E-state index in [-0.39, 0.29) is 11.3 Å². The van der Waals surface area contributed by atoms with Crippen molar-refractivity contribution in [1.29, 1.82) is 0 Å². The first-order chi connectivity index (χ1) is 9.19. The normalized spacial score (nSPS) is 29.7. The lowest BCUT2D eigenvalue weighted by Crippen LogP contribution is -2.48. The van der Waals surface area contributed by atoms with Gasteiger partial charge in [0, 0.05) is 17.5 Å². The Morgan fingerprint density at radius 3 is 2.63 bits per heavy atom. The van der Waals surface area contributed by atoms with Gasteiger partial charge in [0.2, 0.25) is 0 Å². The Hall–Kier alpha value is -0.0400. The molecule has 0 aromatic carbocycles. The molecule has 1 aromatic heterocycles.